The molecule has 19 nitrogen and oxygen atoms in total. The van der Waals surface area contributed by atoms with E-state index in [1.54, 1.807) is 18.9 Å². The van der Waals surface area contributed by atoms with Crippen molar-refractivity contribution in [2.24, 2.45) is 10.7 Å². The molecule has 4 rings (SSSR count). The third-order valence-electron chi connectivity index (χ3n) is 9.78. The van der Waals surface area contributed by atoms with E-state index < -0.39 is 24.2 Å². The number of amides is 2. The number of aliphatic imine (C=N–C) groups is 1. The fourth-order valence-electron chi connectivity index (χ4n) is 6.22. The van der Waals surface area contributed by atoms with Crippen LogP contribution in [0.3, 0.4) is 0 Å². The summed E-state index contributed by atoms with van der Waals surface area (Å²) in [6.45, 7) is 2.43. The minimum absolute atomic E-state index is 0.0162. The number of nitrogen functional groups attached to an aromatic ring is 2. The van der Waals surface area contributed by atoms with Crippen molar-refractivity contribution in [2.75, 3.05) is 44.8 Å². The lowest BCUT2D eigenvalue weighted by molar-refractivity contribution is -0.132. The average Bonchev–Trinajstić information content (AvgIpc) is 3.75. The first-order chi connectivity index (χ1) is 27.9. The van der Waals surface area contributed by atoms with E-state index in [0.717, 1.165) is 48.8 Å². The number of carbonyl (C=O) groups is 2. The van der Waals surface area contributed by atoms with Gasteiger partial charge in [0.25, 0.3) is 5.91 Å². The van der Waals surface area contributed by atoms with Crippen molar-refractivity contribution < 1.29 is 30.0 Å². The number of anilines is 2. The van der Waals surface area contributed by atoms with Crippen LogP contribution in [0, 0.1) is 6.92 Å². The van der Waals surface area contributed by atoms with Gasteiger partial charge < -0.3 is 47.8 Å². The van der Waals surface area contributed by atoms with Gasteiger partial charge in [-0.05, 0) is 87.1 Å². The minimum Gasteiger partial charge on any atom is -0.396 e. The summed E-state index contributed by atoms with van der Waals surface area (Å²) in [6.07, 6.45) is 1.72. The zero-order valence-electron chi connectivity index (χ0n) is 33.1. The van der Waals surface area contributed by atoms with Gasteiger partial charge in [-0.25, -0.2) is 9.97 Å². The highest BCUT2D eigenvalue weighted by atomic mass is 16.4. The number of carbonyl (C=O) groups excluding carboxylic acids is 2. The van der Waals surface area contributed by atoms with E-state index in [0.29, 0.717) is 43.9 Å². The molecule has 0 radical (unpaired) electrons. The number of rotatable bonds is 23. The van der Waals surface area contributed by atoms with Gasteiger partial charge in [0.2, 0.25) is 5.91 Å². The zero-order valence-corrected chi connectivity index (χ0v) is 33.1. The smallest absolute Gasteiger partial charge is 0.280 e. The Balaban J connectivity index is 1.16. The summed E-state index contributed by atoms with van der Waals surface area (Å²) in [5.74, 6) is -0.157. The van der Waals surface area contributed by atoms with Gasteiger partial charge in [-0.15, -0.1) is 10.2 Å². The topological polar surface area (TPSA) is 313 Å². The molecule has 0 aliphatic rings. The molecule has 0 aliphatic carbocycles. The number of H-pyrrole nitrogens is 1. The Hall–Kier alpha value is -5.60. The number of nitrogens with two attached hydrogens (primary N) is 3. The van der Waals surface area contributed by atoms with E-state index in [1.165, 1.54) is 5.56 Å². The number of hydrogen-bond acceptors (Lipinski definition) is 15. The second kappa shape index (κ2) is 23.0. The lowest BCUT2D eigenvalue weighted by Crippen LogP contribution is -2.43. The summed E-state index contributed by atoms with van der Waals surface area (Å²) in [6, 6.07) is 16.2. The molecule has 0 bridgehead atoms. The summed E-state index contributed by atoms with van der Waals surface area (Å²) in [7, 11) is 1.74. The molecule has 0 saturated carbocycles. The Morgan fingerprint density at radius 3 is 2.19 bits per heavy atom. The molecule has 0 fully saturated rings. The summed E-state index contributed by atoms with van der Waals surface area (Å²) >= 11 is 0. The lowest BCUT2D eigenvalue weighted by Gasteiger charge is -2.26. The minimum atomic E-state index is -1.35. The summed E-state index contributed by atoms with van der Waals surface area (Å²) < 4.78 is 0. The molecule has 2 heterocycles. The summed E-state index contributed by atoms with van der Waals surface area (Å²) in [5.41, 5.74) is 22.1. The Bertz CT molecular complexity index is 1900. The van der Waals surface area contributed by atoms with E-state index in [2.05, 4.69) is 82.6 Å². The number of benzene rings is 2. The number of guanidine groups is 1. The Morgan fingerprint density at radius 1 is 0.879 bits per heavy atom. The predicted octanol–water partition coefficient (Wildman–Crippen LogP) is 0.554. The van der Waals surface area contributed by atoms with E-state index in [1.807, 2.05) is 12.1 Å². The van der Waals surface area contributed by atoms with Crippen molar-refractivity contribution in [2.45, 2.75) is 89.1 Å². The van der Waals surface area contributed by atoms with Crippen LogP contribution in [0.15, 0.2) is 53.5 Å². The maximum Gasteiger partial charge on any atom is 0.280 e. The van der Waals surface area contributed by atoms with Crippen LogP contribution >= 0.6 is 0 Å². The maximum atomic E-state index is 13.3. The molecule has 2 aromatic heterocycles. The van der Waals surface area contributed by atoms with E-state index in [4.69, 9.17) is 22.3 Å². The quantitative estimate of drug-likeness (QED) is 0.0278. The van der Waals surface area contributed by atoms with E-state index in [9.17, 15) is 24.9 Å². The van der Waals surface area contributed by atoms with Crippen LogP contribution < -0.4 is 27.8 Å². The van der Waals surface area contributed by atoms with Gasteiger partial charge in [0.1, 0.15) is 11.9 Å². The van der Waals surface area contributed by atoms with Crippen LogP contribution in [0.4, 0.5) is 11.6 Å². The van der Waals surface area contributed by atoms with Gasteiger partial charge >= 0.3 is 0 Å². The van der Waals surface area contributed by atoms with Gasteiger partial charge in [0, 0.05) is 33.2 Å². The number of aliphatic hydroxyl groups excluding tert-OH is 4. The highest BCUT2D eigenvalue weighted by molar-refractivity contribution is 6.06. The predicted molar refractivity (Wildman–Crippen MR) is 219 cm³/mol. The van der Waals surface area contributed by atoms with E-state index in [-0.39, 0.29) is 54.8 Å². The average molecular weight is 804 g/mol. The lowest BCUT2D eigenvalue weighted by atomic mass is 9.99. The number of aromatic nitrogens is 6. The number of tetrazole rings is 1. The monoisotopic (exact) mass is 803 g/mol. The molecule has 4 aromatic rings. The third kappa shape index (κ3) is 13.8. The van der Waals surface area contributed by atoms with Crippen molar-refractivity contribution in [3.63, 3.8) is 0 Å². The molecule has 314 valence electrons. The maximum absolute atomic E-state index is 13.3. The van der Waals surface area contributed by atoms with Crippen molar-refractivity contribution in [1.29, 1.82) is 0 Å². The van der Waals surface area contributed by atoms with Crippen molar-refractivity contribution in [1.82, 2.24) is 46.1 Å². The van der Waals surface area contributed by atoms with Crippen molar-refractivity contribution in [3.8, 4) is 11.1 Å². The van der Waals surface area contributed by atoms with E-state index >= 15 is 0 Å². The molecule has 2 aromatic carbocycles. The van der Waals surface area contributed by atoms with Gasteiger partial charge in [-0.3, -0.25) is 19.9 Å². The molecular weight excluding hydrogens is 747 g/mol. The highest BCUT2D eigenvalue weighted by Crippen LogP contribution is 2.24. The molecule has 2 amide bonds. The van der Waals surface area contributed by atoms with Crippen LogP contribution in [0.2, 0.25) is 0 Å². The van der Waals surface area contributed by atoms with Crippen LogP contribution in [0.1, 0.15) is 84.1 Å². The Kier molecular flexibility index (Phi) is 17.9. The normalized spacial score (nSPS) is 13.8. The van der Waals surface area contributed by atoms with Crippen LogP contribution in [-0.2, 0) is 17.6 Å². The molecule has 13 N–H and O–H groups in total. The first kappa shape index (κ1) is 45.1. The first-order valence-corrected chi connectivity index (χ1v) is 19.4. The zero-order chi connectivity index (χ0) is 42.0. The molecule has 19 heteroatoms. The number of hydrogen-bond donors (Lipinski definition) is 10. The highest BCUT2D eigenvalue weighted by Gasteiger charge is 2.26. The number of aryl methyl sites for hydroxylation is 3. The standard InChI is InChI=1S/C39H57N13O6/c1-24-35(40)46-36(41)33(45-24)38(58)47-39(42)44-21-6-3-7-25-9-14-27(15-10-25)28-16-11-26(12-17-28)13-18-32(56)52(2)29(37-48-50-51-49-37)8-4-5-20-43-23-31(55)34(57)30(54)19-22-53/h9-12,14-17,29-31,34,43,53-55,57H,3-8,13,18-23H2,1-2H3,(H4,40,41,46)(H3,42,44,47,58)(H,48,49,50,51). The number of aromatic amines is 1. The van der Waals surface area contributed by atoms with Gasteiger partial charge in [-0.1, -0.05) is 53.7 Å². The third-order valence-corrected chi connectivity index (χ3v) is 9.78. The molecular formula is C39H57N13O6. The number of unbranched alkanes of at least 4 members (excludes halogenated alkanes) is 2. The summed E-state index contributed by atoms with van der Waals surface area (Å²) in [5, 5.41) is 58.7. The number of aliphatic hydroxyl groups is 4. The fraction of sp³-hybridized carbons (Fsp3) is 0.487. The SMILES string of the molecule is Cc1nc(C(=O)NC(N)=NCCCCc2ccc(-c3ccc(CCC(=O)N(C)C(CCCCNCC(O)C(O)C(O)CCO)c4nn[nH]n4)cc3)cc2)c(N)nc1N. The van der Waals surface area contributed by atoms with Crippen LogP contribution in [-0.4, -0.2) is 125 Å². The molecule has 0 saturated heterocycles. The van der Waals surface area contributed by atoms with Crippen LogP contribution in [0.5, 0.6) is 0 Å². The van der Waals surface area contributed by atoms with Crippen molar-refractivity contribution >= 4 is 29.4 Å². The Labute approximate surface area is 337 Å². The van der Waals surface area contributed by atoms with Crippen molar-refractivity contribution in [3.05, 3.63) is 76.9 Å². The number of nitrogens with one attached hydrogen (secondary N) is 3. The van der Waals surface area contributed by atoms with Gasteiger partial charge in [-0.2, -0.15) is 5.21 Å². The molecule has 0 aliphatic heterocycles. The Morgan fingerprint density at radius 2 is 1.55 bits per heavy atom. The van der Waals surface area contributed by atoms with Gasteiger partial charge in [0.05, 0.1) is 23.9 Å². The molecule has 58 heavy (non-hydrogen) atoms. The molecule has 0 spiro atoms. The number of nitrogens with zero attached hydrogens (tertiary/aromatic N) is 7. The molecule has 4 atom stereocenters. The molecule has 4 unspecified atom stereocenters. The van der Waals surface area contributed by atoms with Gasteiger partial charge in [0.15, 0.2) is 23.3 Å². The van der Waals surface area contributed by atoms with Crippen LogP contribution in [0.25, 0.3) is 11.1 Å². The second-order valence-corrected chi connectivity index (χ2v) is 14.1. The second-order valence-electron chi connectivity index (χ2n) is 14.1. The first-order valence-electron chi connectivity index (χ1n) is 19.4. The summed E-state index contributed by atoms with van der Waals surface area (Å²) in [4.78, 5) is 39.6. The fourth-order valence-corrected chi connectivity index (χ4v) is 6.22. The largest absolute Gasteiger partial charge is 0.396 e.